The average Bonchev–Trinajstić information content (AvgIpc) is 3.14. The lowest BCUT2D eigenvalue weighted by atomic mass is 10.1. The molecule has 3 heteroatoms. The molecule has 2 fully saturated rings. The number of benzene rings is 1. The molecule has 1 N–H and O–H groups in total. The quantitative estimate of drug-likeness (QED) is 0.893. The summed E-state index contributed by atoms with van der Waals surface area (Å²) in [6.45, 7) is 3.95. The molecule has 1 heterocycles. The SMILES string of the molecule is Cc1cccc(CN(C(=O)CC2CCCN2)C2CC2)c1. The molecule has 1 saturated carbocycles. The van der Waals surface area contributed by atoms with Crippen molar-refractivity contribution in [2.75, 3.05) is 6.54 Å². The van der Waals surface area contributed by atoms with E-state index in [-0.39, 0.29) is 0 Å². The van der Waals surface area contributed by atoms with Crippen LogP contribution in [0, 0.1) is 6.92 Å². The average molecular weight is 272 g/mol. The number of nitrogens with one attached hydrogen (secondary N) is 1. The Morgan fingerprint density at radius 3 is 2.85 bits per heavy atom. The fourth-order valence-electron chi connectivity index (χ4n) is 3.07. The number of rotatable bonds is 5. The van der Waals surface area contributed by atoms with Gasteiger partial charge in [-0.2, -0.15) is 0 Å². The van der Waals surface area contributed by atoms with Crippen LogP contribution in [0.4, 0.5) is 0 Å². The summed E-state index contributed by atoms with van der Waals surface area (Å²) in [6.07, 6.45) is 5.38. The maximum Gasteiger partial charge on any atom is 0.224 e. The van der Waals surface area contributed by atoms with E-state index in [1.807, 2.05) is 0 Å². The highest BCUT2D eigenvalue weighted by atomic mass is 16.2. The van der Waals surface area contributed by atoms with Gasteiger partial charge < -0.3 is 10.2 Å². The zero-order valence-electron chi connectivity index (χ0n) is 12.3. The standard InChI is InChI=1S/C17H24N2O/c1-13-4-2-5-14(10-13)12-19(16-7-8-16)17(20)11-15-6-3-9-18-15/h2,4-5,10,15-16,18H,3,6-9,11-12H2,1H3. The Labute approximate surface area is 121 Å². The first-order valence-electron chi connectivity index (χ1n) is 7.81. The molecule has 1 aliphatic carbocycles. The second-order valence-corrected chi connectivity index (χ2v) is 6.24. The van der Waals surface area contributed by atoms with Crippen molar-refractivity contribution in [3.05, 3.63) is 35.4 Å². The van der Waals surface area contributed by atoms with Crippen LogP contribution in [0.5, 0.6) is 0 Å². The Morgan fingerprint density at radius 1 is 1.35 bits per heavy atom. The topological polar surface area (TPSA) is 32.3 Å². The first-order valence-corrected chi connectivity index (χ1v) is 7.81. The van der Waals surface area contributed by atoms with Gasteiger partial charge in [0.1, 0.15) is 0 Å². The number of hydrogen-bond acceptors (Lipinski definition) is 2. The molecule has 1 aromatic carbocycles. The summed E-state index contributed by atoms with van der Waals surface area (Å²) in [4.78, 5) is 14.7. The van der Waals surface area contributed by atoms with Crippen LogP contribution in [-0.2, 0) is 11.3 Å². The summed E-state index contributed by atoms with van der Waals surface area (Å²) in [5.74, 6) is 0.327. The molecule has 0 spiro atoms. The van der Waals surface area contributed by atoms with Crippen molar-refractivity contribution < 1.29 is 4.79 Å². The van der Waals surface area contributed by atoms with Crippen molar-refractivity contribution >= 4 is 5.91 Å². The third-order valence-electron chi connectivity index (χ3n) is 4.33. The highest BCUT2D eigenvalue weighted by Gasteiger charge is 2.33. The van der Waals surface area contributed by atoms with Crippen LogP contribution in [0.25, 0.3) is 0 Å². The van der Waals surface area contributed by atoms with E-state index in [1.165, 1.54) is 30.4 Å². The summed E-state index contributed by atoms with van der Waals surface area (Å²) in [5, 5.41) is 3.43. The molecule has 3 rings (SSSR count). The highest BCUT2D eigenvalue weighted by molar-refractivity contribution is 5.77. The lowest BCUT2D eigenvalue weighted by Gasteiger charge is -2.24. The van der Waals surface area contributed by atoms with Crippen molar-refractivity contribution in [1.29, 1.82) is 0 Å². The van der Waals surface area contributed by atoms with Gasteiger partial charge in [-0.25, -0.2) is 0 Å². The van der Waals surface area contributed by atoms with Gasteiger partial charge in [0, 0.05) is 25.0 Å². The lowest BCUT2D eigenvalue weighted by Crippen LogP contribution is -2.37. The van der Waals surface area contributed by atoms with Crippen LogP contribution in [0.15, 0.2) is 24.3 Å². The maximum absolute atomic E-state index is 12.6. The molecule has 1 aliphatic heterocycles. The molecule has 1 saturated heterocycles. The van der Waals surface area contributed by atoms with E-state index in [0.29, 0.717) is 24.4 Å². The largest absolute Gasteiger partial charge is 0.335 e. The number of carbonyl (C=O) groups is 1. The zero-order chi connectivity index (χ0) is 13.9. The van der Waals surface area contributed by atoms with Gasteiger partial charge in [-0.15, -0.1) is 0 Å². The first-order chi connectivity index (χ1) is 9.72. The molecule has 1 amide bonds. The van der Waals surface area contributed by atoms with E-state index >= 15 is 0 Å². The van der Waals surface area contributed by atoms with E-state index in [9.17, 15) is 4.79 Å². The number of carbonyl (C=O) groups excluding carboxylic acids is 1. The van der Waals surface area contributed by atoms with E-state index in [4.69, 9.17) is 0 Å². The maximum atomic E-state index is 12.6. The molecular formula is C17H24N2O. The van der Waals surface area contributed by atoms with Crippen LogP contribution >= 0.6 is 0 Å². The van der Waals surface area contributed by atoms with Gasteiger partial charge in [-0.3, -0.25) is 4.79 Å². The van der Waals surface area contributed by atoms with Crippen LogP contribution in [-0.4, -0.2) is 29.4 Å². The molecule has 0 bridgehead atoms. The number of aryl methyl sites for hydroxylation is 1. The minimum atomic E-state index is 0.327. The van der Waals surface area contributed by atoms with Crippen molar-refractivity contribution in [3.8, 4) is 0 Å². The first kappa shape index (κ1) is 13.6. The third-order valence-corrected chi connectivity index (χ3v) is 4.33. The summed E-state index contributed by atoms with van der Waals surface area (Å²) < 4.78 is 0. The summed E-state index contributed by atoms with van der Waals surface area (Å²) in [5.41, 5.74) is 2.52. The predicted octanol–water partition coefficient (Wildman–Crippen LogP) is 2.63. The lowest BCUT2D eigenvalue weighted by molar-refractivity contribution is -0.132. The third kappa shape index (κ3) is 3.40. The molecule has 1 aromatic rings. The summed E-state index contributed by atoms with van der Waals surface area (Å²) in [6, 6.07) is 9.40. The fourth-order valence-corrected chi connectivity index (χ4v) is 3.07. The van der Waals surface area contributed by atoms with Crippen molar-refractivity contribution in [1.82, 2.24) is 10.2 Å². The van der Waals surface area contributed by atoms with Crippen LogP contribution in [0.3, 0.4) is 0 Å². The molecule has 0 radical (unpaired) electrons. The number of hydrogen-bond donors (Lipinski definition) is 1. The second kappa shape index (κ2) is 5.96. The van der Waals surface area contributed by atoms with Crippen molar-refractivity contribution in [2.45, 2.75) is 57.7 Å². The van der Waals surface area contributed by atoms with Gasteiger partial charge in [0.25, 0.3) is 0 Å². The predicted molar refractivity (Wildman–Crippen MR) is 80.4 cm³/mol. The fraction of sp³-hybridized carbons (Fsp3) is 0.588. The summed E-state index contributed by atoms with van der Waals surface area (Å²) >= 11 is 0. The minimum Gasteiger partial charge on any atom is -0.335 e. The van der Waals surface area contributed by atoms with E-state index in [2.05, 4.69) is 41.4 Å². The highest BCUT2D eigenvalue weighted by Crippen LogP contribution is 2.29. The molecule has 1 atom stereocenters. The Hall–Kier alpha value is -1.35. The Morgan fingerprint density at radius 2 is 2.20 bits per heavy atom. The zero-order valence-corrected chi connectivity index (χ0v) is 12.3. The van der Waals surface area contributed by atoms with Gasteiger partial charge in [-0.1, -0.05) is 29.8 Å². The van der Waals surface area contributed by atoms with Crippen LogP contribution in [0.1, 0.15) is 43.2 Å². The molecule has 0 aromatic heterocycles. The smallest absolute Gasteiger partial charge is 0.224 e. The van der Waals surface area contributed by atoms with Gasteiger partial charge in [0.15, 0.2) is 0 Å². The van der Waals surface area contributed by atoms with Gasteiger partial charge in [-0.05, 0) is 44.7 Å². The Kier molecular flexibility index (Phi) is 4.06. The monoisotopic (exact) mass is 272 g/mol. The van der Waals surface area contributed by atoms with Crippen LogP contribution in [0.2, 0.25) is 0 Å². The number of nitrogens with zero attached hydrogens (tertiary/aromatic N) is 1. The van der Waals surface area contributed by atoms with E-state index < -0.39 is 0 Å². The molecule has 108 valence electrons. The Balaban J connectivity index is 1.64. The van der Waals surface area contributed by atoms with E-state index in [1.54, 1.807) is 0 Å². The normalized spacial score (nSPS) is 21.9. The van der Waals surface area contributed by atoms with Gasteiger partial charge in [0.05, 0.1) is 0 Å². The molecule has 1 unspecified atom stereocenters. The molecular weight excluding hydrogens is 248 g/mol. The molecule has 3 nitrogen and oxygen atoms in total. The van der Waals surface area contributed by atoms with Gasteiger partial charge >= 0.3 is 0 Å². The number of amides is 1. The Bertz CT molecular complexity index is 476. The summed E-state index contributed by atoms with van der Waals surface area (Å²) in [7, 11) is 0. The van der Waals surface area contributed by atoms with Crippen molar-refractivity contribution in [3.63, 3.8) is 0 Å². The van der Waals surface area contributed by atoms with E-state index in [0.717, 1.165) is 19.5 Å². The molecule has 2 aliphatic rings. The minimum absolute atomic E-state index is 0.327. The van der Waals surface area contributed by atoms with Gasteiger partial charge in [0.2, 0.25) is 5.91 Å². The van der Waals surface area contributed by atoms with Crippen molar-refractivity contribution in [2.24, 2.45) is 0 Å². The van der Waals surface area contributed by atoms with Crippen LogP contribution < -0.4 is 5.32 Å². The molecule has 20 heavy (non-hydrogen) atoms. The second-order valence-electron chi connectivity index (χ2n) is 6.24.